The number of carbonyl (C=O) groups excluding carboxylic acids is 1. The first-order valence-electron chi connectivity index (χ1n) is 8.50. The van der Waals surface area contributed by atoms with E-state index in [-0.39, 0.29) is 11.5 Å². The summed E-state index contributed by atoms with van der Waals surface area (Å²) in [5.41, 5.74) is 0.281. The number of pyridine rings is 1. The number of halogens is 1. The number of rotatable bonds is 5. The van der Waals surface area contributed by atoms with Crippen molar-refractivity contribution in [1.29, 1.82) is 0 Å². The number of nitrogens with one attached hydrogen (secondary N) is 1. The van der Waals surface area contributed by atoms with Gasteiger partial charge in [-0.1, -0.05) is 30.9 Å². The molecule has 1 heterocycles. The SMILES string of the molecule is O=C(NC(O)C1CCCCC1)c1cc(Oc2ccncc2)ccc1Cl. The van der Waals surface area contributed by atoms with Gasteiger partial charge in [0.25, 0.3) is 5.91 Å². The number of hydrogen-bond donors (Lipinski definition) is 2. The van der Waals surface area contributed by atoms with Crippen LogP contribution in [0.1, 0.15) is 42.5 Å². The van der Waals surface area contributed by atoms with E-state index in [2.05, 4.69) is 10.3 Å². The van der Waals surface area contributed by atoms with Crippen LogP contribution in [0.25, 0.3) is 0 Å². The van der Waals surface area contributed by atoms with E-state index in [1.807, 2.05) is 0 Å². The molecule has 0 aliphatic heterocycles. The molecule has 3 rings (SSSR count). The van der Waals surface area contributed by atoms with Crippen molar-refractivity contribution in [2.45, 2.75) is 38.3 Å². The van der Waals surface area contributed by atoms with Crippen LogP contribution in [0.5, 0.6) is 11.5 Å². The summed E-state index contributed by atoms with van der Waals surface area (Å²) in [6.07, 6.45) is 7.63. The fourth-order valence-electron chi connectivity index (χ4n) is 3.06. The van der Waals surface area contributed by atoms with Crippen molar-refractivity contribution in [1.82, 2.24) is 10.3 Å². The van der Waals surface area contributed by atoms with Gasteiger partial charge in [-0.3, -0.25) is 9.78 Å². The van der Waals surface area contributed by atoms with Crippen LogP contribution in [0.15, 0.2) is 42.7 Å². The summed E-state index contributed by atoms with van der Waals surface area (Å²) in [6, 6.07) is 8.32. The molecule has 1 aromatic heterocycles. The second kappa shape index (κ2) is 8.32. The minimum Gasteiger partial charge on any atom is -0.457 e. The Balaban J connectivity index is 1.69. The third-order valence-electron chi connectivity index (χ3n) is 4.44. The Morgan fingerprint density at radius 1 is 1.16 bits per heavy atom. The summed E-state index contributed by atoms with van der Waals surface area (Å²) in [5.74, 6) is 0.815. The molecule has 1 amide bonds. The molecule has 2 N–H and O–H groups in total. The maximum absolute atomic E-state index is 12.5. The third kappa shape index (κ3) is 4.71. The summed E-state index contributed by atoms with van der Waals surface area (Å²) >= 11 is 6.16. The third-order valence-corrected chi connectivity index (χ3v) is 4.77. The van der Waals surface area contributed by atoms with Gasteiger partial charge in [0, 0.05) is 18.3 Å². The number of aliphatic hydroxyl groups excluding tert-OH is 1. The smallest absolute Gasteiger partial charge is 0.254 e. The summed E-state index contributed by atoms with van der Waals surface area (Å²) in [7, 11) is 0. The van der Waals surface area contributed by atoms with Crippen molar-refractivity contribution in [2.75, 3.05) is 0 Å². The number of amides is 1. The number of benzene rings is 1. The van der Waals surface area contributed by atoms with Gasteiger partial charge in [-0.05, 0) is 43.2 Å². The van der Waals surface area contributed by atoms with Crippen LogP contribution >= 0.6 is 11.6 Å². The molecule has 6 heteroatoms. The second-order valence-corrected chi connectivity index (χ2v) is 6.65. The molecule has 0 saturated heterocycles. The van der Waals surface area contributed by atoms with Crippen molar-refractivity contribution in [2.24, 2.45) is 5.92 Å². The zero-order valence-electron chi connectivity index (χ0n) is 13.8. The number of hydrogen-bond acceptors (Lipinski definition) is 4. The molecule has 0 spiro atoms. The molecule has 2 aromatic rings. The van der Waals surface area contributed by atoms with Gasteiger partial charge in [-0.2, -0.15) is 0 Å². The van der Waals surface area contributed by atoms with E-state index in [1.54, 1.807) is 42.7 Å². The van der Waals surface area contributed by atoms with Crippen molar-refractivity contribution in [3.8, 4) is 11.5 Å². The van der Waals surface area contributed by atoms with E-state index in [9.17, 15) is 9.90 Å². The first-order valence-corrected chi connectivity index (χ1v) is 8.87. The number of carbonyl (C=O) groups is 1. The standard InChI is InChI=1S/C19H21ClN2O3/c20-17-7-6-15(25-14-8-10-21-11-9-14)12-16(17)19(24)22-18(23)13-4-2-1-3-5-13/h6-13,18,23H,1-5H2,(H,22,24). The van der Waals surface area contributed by atoms with Crippen molar-refractivity contribution in [3.63, 3.8) is 0 Å². The lowest BCUT2D eigenvalue weighted by molar-refractivity contribution is 0.0463. The number of ether oxygens (including phenoxy) is 1. The highest BCUT2D eigenvalue weighted by atomic mass is 35.5. The van der Waals surface area contributed by atoms with E-state index < -0.39 is 12.1 Å². The van der Waals surface area contributed by atoms with Crippen LogP contribution in [0, 0.1) is 5.92 Å². The molecule has 1 fully saturated rings. The Morgan fingerprint density at radius 2 is 1.88 bits per heavy atom. The van der Waals surface area contributed by atoms with E-state index in [4.69, 9.17) is 16.3 Å². The second-order valence-electron chi connectivity index (χ2n) is 6.24. The van der Waals surface area contributed by atoms with Gasteiger partial charge in [0.1, 0.15) is 17.7 Å². The average Bonchev–Trinajstić information content (AvgIpc) is 2.65. The van der Waals surface area contributed by atoms with Crippen LogP contribution in [0.4, 0.5) is 0 Å². The van der Waals surface area contributed by atoms with Gasteiger partial charge in [0.2, 0.25) is 0 Å². The first kappa shape index (κ1) is 17.7. The normalized spacial score (nSPS) is 16.2. The van der Waals surface area contributed by atoms with Gasteiger partial charge in [-0.25, -0.2) is 0 Å². The van der Waals surface area contributed by atoms with Gasteiger partial charge in [0.15, 0.2) is 0 Å². The Hall–Kier alpha value is -2.11. The van der Waals surface area contributed by atoms with Gasteiger partial charge < -0.3 is 15.2 Å². The molecule has 1 aliphatic carbocycles. The topological polar surface area (TPSA) is 71.5 Å². The van der Waals surface area contributed by atoms with Gasteiger partial charge >= 0.3 is 0 Å². The summed E-state index contributed by atoms with van der Waals surface area (Å²) in [4.78, 5) is 16.4. The first-order chi connectivity index (χ1) is 12.1. The minimum atomic E-state index is -0.853. The number of aliphatic hydroxyl groups is 1. The van der Waals surface area contributed by atoms with Crippen LogP contribution in [0.2, 0.25) is 5.02 Å². The van der Waals surface area contributed by atoms with E-state index in [0.29, 0.717) is 16.5 Å². The van der Waals surface area contributed by atoms with E-state index >= 15 is 0 Å². The van der Waals surface area contributed by atoms with Crippen LogP contribution in [-0.2, 0) is 0 Å². The zero-order valence-corrected chi connectivity index (χ0v) is 14.6. The van der Waals surface area contributed by atoms with Gasteiger partial charge in [0.05, 0.1) is 10.6 Å². The summed E-state index contributed by atoms with van der Waals surface area (Å²) in [5, 5.41) is 13.3. The maximum atomic E-state index is 12.5. The quantitative estimate of drug-likeness (QED) is 0.785. The molecule has 1 aromatic carbocycles. The highest BCUT2D eigenvalue weighted by Crippen LogP contribution is 2.28. The fraction of sp³-hybridized carbons (Fsp3) is 0.368. The predicted molar refractivity (Wildman–Crippen MR) is 95.8 cm³/mol. The predicted octanol–water partition coefficient (Wildman–Crippen LogP) is 4.16. The van der Waals surface area contributed by atoms with Crippen LogP contribution < -0.4 is 10.1 Å². The fourth-order valence-corrected chi connectivity index (χ4v) is 3.27. The molecule has 5 nitrogen and oxygen atoms in total. The van der Waals surface area contributed by atoms with Crippen molar-refractivity contribution < 1.29 is 14.6 Å². The lowest BCUT2D eigenvalue weighted by atomic mass is 9.88. The van der Waals surface area contributed by atoms with Crippen molar-refractivity contribution >= 4 is 17.5 Å². The lowest BCUT2D eigenvalue weighted by Gasteiger charge is -2.27. The molecular formula is C19H21ClN2O3. The summed E-state index contributed by atoms with van der Waals surface area (Å²) in [6.45, 7) is 0. The number of nitrogens with zero attached hydrogens (tertiary/aromatic N) is 1. The molecule has 1 saturated carbocycles. The number of aromatic nitrogens is 1. The Labute approximate surface area is 152 Å². The van der Waals surface area contributed by atoms with E-state index in [1.165, 1.54) is 6.42 Å². The highest BCUT2D eigenvalue weighted by Gasteiger charge is 2.24. The minimum absolute atomic E-state index is 0.104. The largest absolute Gasteiger partial charge is 0.457 e. The van der Waals surface area contributed by atoms with Gasteiger partial charge in [-0.15, -0.1) is 0 Å². The monoisotopic (exact) mass is 360 g/mol. The molecule has 1 aliphatic rings. The lowest BCUT2D eigenvalue weighted by Crippen LogP contribution is -2.41. The van der Waals surface area contributed by atoms with Crippen LogP contribution in [-0.4, -0.2) is 22.2 Å². The van der Waals surface area contributed by atoms with Crippen LogP contribution in [0.3, 0.4) is 0 Å². The zero-order chi connectivity index (χ0) is 17.6. The Kier molecular flexibility index (Phi) is 5.89. The molecule has 0 bridgehead atoms. The van der Waals surface area contributed by atoms with E-state index in [0.717, 1.165) is 25.7 Å². The highest BCUT2D eigenvalue weighted by molar-refractivity contribution is 6.33. The molecule has 25 heavy (non-hydrogen) atoms. The maximum Gasteiger partial charge on any atom is 0.254 e. The molecular weight excluding hydrogens is 340 g/mol. The average molecular weight is 361 g/mol. The van der Waals surface area contributed by atoms with Crippen molar-refractivity contribution in [3.05, 3.63) is 53.3 Å². The molecule has 1 atom stereocenters. The molecule has 132 valence electrons. The molecule has 1 unspecified atom stereocenters. The Bertz CT molecular complexity index is 718. The Morgan fingerprint density at radius 3 is 2.60 bits per heavy atom. The summed E-state index contributed by atoms with van der Waals surface area (Å²) < 4.78 is 5.70. The molecule has 0 radical (unpaired) electrons.